The van der Waals surface area contributed by atoms with E-state index in [1.54, 1.807) is 0 Å². The third kappa shape index (κ3) is 1.51. The Bertz CT molecular complexity index is 471. The molecule has 0 heterocycles. The summed E-state index contributed by atoms with van der Waals surface area (Å²) in [5, 5.41) is 2.49. The third-order valence-corrected chi connectivity index (χ3v) is 4.12. The third-order valence-electron chi connectivity index (χ3n) is 2.97. The molecule has 0 saturated carbocycles. The van der Waals surface area contributed by atoms with Crippen LogP contribution in [0.15, 0.2) is 24.3 Å². The molecule has 2 rings (SSSR count). The standard InChI is InChI=1S/C12H14S2/c1-8-11(13)10-6-4-3-5-9(10)7-12(8,2)14/h3-8,13-14H,1-2H3. The Labute approximate surface area is 95.5 Å². The zero-order chi connectivity index (χ0) is 10.3. The Kier molecular flexibility index (Phi) is 2.44. The highest BCUT2D eigenvalue weighted by atomic mass is 32.1. The second kappa shape index (κ2) is 3.35. The Hall–Kier alpha value is -0.340. The number of fused-ring (bicyclic) bond motifs is 1. The Morgan fingerprint density at radius 3 is 2.64 bits per heavy atom. The SMILES string of the molecule is CC1C(S)=c2ccccc2=CC1(C)S. The van der Waals surface area contributed by atoms with Crippen LogP contribution in [-0.2, 0) is 0 Å². The van der Waals surface area contributed by atoms with Gasteiger partial charge in [-0.15, -0.1) is 12.6 Å². The van der Waals surface area contributed by atoms with E-state index in [4.69, 9.17) is 0 Å². The van der Waals surface area contributed by atoms with Crippen molar-refractivity contribution in [2.75, 3.05) is 0 Å². The summed E-state index contributed by atoms with van der Waals surface area (Å²) in [6, 6.07) is 8.34. The van der Waals surface area contributed by atoms with Gasteiger partial charge in [-0.3, -0.25) is 0 Å². The smallest absolute Gasteiger partial charge is 0.0360 e. The van der Waals surface area contributed by atoms with E-state index in [2.05, 4.69) is 69.4 Å². The summed E-state index contributed by atoms with van der Waals surface area (Å²) >= 11 is 9.27. The maximum atomic E-state index is 4.67. The monoisotopic (exact) mass is 222 g/mol. The lowest BCUT2D eigenvalue weighted by Gasteiger charge is -2.30. The molecule has 0 nitrogen and oxygen atoms in total. The molecule has 0 N–H and O–H groups in total. The Balaban J connectivity index is 2.84. The molecule has 2 atom stereocenters. The molecule has 0 amide bonds. The summed E-state index contributed by atoms with van der Waals surface area (Å²) in [6.07, 6.45) is 2.22. The molecule has 0 aromatic heterocycles. The molecule has 2 unspecified atom stereocenters. The van der Waals surface area contributed by atoms with Gasteiger partial charge in [0.25, 0.3) is 0 Å². The minimum atomic E-state index is -0.0918. The number of benzene rings is 1. The summed E-state index contributed by atoms with van der Waals surface area (Å²) in [5.74, 6) is 0.365. The van der Waals surface area contributed by atoms with E-state index in [-0.39, 0.29) is 4.75 Å². The largest absolute Gasteiger partial charge is 0.168 e. The molecule has 1 aliphatic carbocycles. The first-order valence-corrected chi connectivity index (χ1v) is 5.65. The van der Waals surface area contributed by atoms with E-state index in [1.807, 2.05) is 0 Å². The van der Waals surface area contributed by atoms with Crippen molar-refractivity contribution in [1.82, 2.24) is 0 Å². The van der Waals surface area contributed by atoms with E-state index in [9.17, 15) is 0 Å². The summed E-state index contributed by atoms with van der Waals surface area (Å²) in [6.45, 7) is 4.30. The van der Waals surface area contributed by atoms with Crippen LogP contribution in [0.4, 0.5) is 0 Å². The van der Waals surface area contributed by atoms with Crippen LogP contribution in [0.25, 0.3) is 11.0 Å². The predicted molar refractivity (Wildman–Crippen MR) is 69.1 cm³/mol. The van der Waals surface area contributed by atoms with Gasteiger partial charge in [0.1, 0.15) is 0 Å². The topological polar surface area (TPSA) is 0 Å². The minimum absolute atomic E-state index is 0.0918. The Morgan fingerprint density at radius 1 is 1.29 bits per heavy atom. The van der Waals surface area contributed by atoms with Crippen molar-refractivity contribution in [3.8, 4) is 0 Å². The summed E-state index contributed by atoms with van der Waals surface area (Å²) in [5.41, 5.74) is 0. The van der Waals surface area contributed by atoms with Crippen LogP contribution in [0.3, 0.4) is 0 Å². The fourth-order valence-electron chi connectivity index (χ4n) is 1.81. The van der Waals surface area contributed by atoms with Crippen LogP contribution in [0, 0.1) is 5.92 Å². The highest BCUT2D eigenvalue weighted by Crippen LogP contribution is 2.34. The Morgan fingerprint density at radius 2 is 1.93 bits per heavy atom. The number of rotatable bonds is 0. The van der Waals surface area contributed by atoms with Crippen LogP contribution in [0.2, 0.25) is 0 Å². The van der Waals surface area contributed by atoms with Crippen molar-refractivity contribution in [3.05, 3.63) is 34.7 Å². The quantitative estimate of drug-likeness (QED) is 0.615. The van der Waals surface area contributed by atoms with Gasteiger partial charge in [0.05, 0.1) is 0 Å². The van der Waals surface area contributed by atoms with Gasteiger partial charge in [-0.1, -0.05) is 37.3 Å². The van der Waals surface area contributed by atoms with Gasteiger partial charge in [0, 0.05) is 10.7 Å². The zero-order valence-corrected chi connectivity index (χ0v) is 10.1. The highest BCUT2D eigenvalue weighted by molar-refractivity contribution is 7.90. The average Bonchev–Trinajstić information content (AvgIpc) is 2.14. The van der Waals surface area contributed by atoms with Gasteiger partial charge >= 0.3 is 0 Å². The average molecular weight is 222 g/mol. The predicted octanol–water partition coefficient (Wildman–Crippen LogP) is 1.84. The minimum Gasteiger partial charge on any atom is -0.168 e. The molecule has 1 aromatic carbocycles. The zero-order valence-electron chi connectivity index (χ0n) is 8.36. The molecule has 0 spiro atoms. The number of thiol groups is 2. The van der Waals surface area contributed by atoms with Gasteiger partial charge < -0.3 is 0 Å². The van der Waals surface area contributed by atoms with E-state index in [0.717, 1.165) is 4.91 Å². The first-order chi connectivity index (χ1) is 6.52. The van der Waals surface area contributed by atoms with Crippen LogP contribution >= 0.6 is 25.3 Å². The van der Waals surface area contributed by atoms with Gasteiger partial charge in [0.2, 0.25) is 0 Å². The molecule has 0 radical (unpaired) electrons. The van der Waals surface area contributed by atoms with Crippen molar-refractivity contribution >= 4 is 36.2 Å². The van der Waals surface area contributed by atoms with Gasteiger partial charge in [-0.2, -0.15) is 12.6 Å². The number of hydrogen-bond acceptors (Lipinski definition) is 2. The van der Waals surface area contributed by atoms with Crippen LogP contribution in [0.5, 0.6) is 0 Å². The molecule has 2 heteroatoms. The van der Waals surface area contributed by atoms with E-state index >= 15 is 0 Å². The molecule has 14 heavy (non-hydrogen) atoms. The molecule has 1 aliphatic rings. The lowest BCUT2D eigenvalue weighted by atomic mass is 9.88. The van der Waals surface area contributed by atoms with E-state index in [0.29, 0.717) is 5.92 Å². The van der Waals surface area contributed by atoms with Crippen molar-refractivity contribution in [2.24, 2.45) is 5.92 Å². The maximum Gasteiger partial charge on any atom is 0.0360 e. The maximum absolute atomic E-state index is 4.67. The van der Waals surface area contributed by atoms with Gasteiger partial charge in [-0.05, 0) is 22.3 Å². The second-order valence-electron chi connectivity index (χ2n) is 4.06. The van der Waals surface area contributed by atoms with Crippen molar-refractivity contribution in [2.45, 2.75) is 18.6 Å². The van der Waals surface area contributed by atoms with Gasteiger partial charge in [0.15, 0.2) is 0 Å². The summed E-state index contributed by atoms with van der Waals surface area (Å²) < 4.78 is -0.0918. The normalized spacial score (nSPS) is 30.9. The van der Waals surface area contributed by atoms with Crippen molar-refractivity contribution in [1.29, 1.82) is 0 Å². The van der Waals surface area contributed by atoms with Crippen LogP contribution in [-0.4, -0.2) is 4.75 Å². The van der Waals surface area contributed by atoms with E-state index < -0.39 is 0 Å². The molecular weight excluding hydrogens is 208 g/mol. The first-order valence-electron chi connectivity index (χ1n) is 4.76. The lowest BCUT2D eigenvalue weighted by molar-refractivity contribution is 0.656. The molecule has 0 saturated heterocycles. The van der Waals surface area contributed by atoms with Crippen LogP contribution in [0.1, 0.15) is 13.8 Å². The lowest BCUT2D eigenvalue weighted by Crippen LogP contribution is -2.40. The fourth-order valence-corrected chi connectivity index (χ4v) is 2.65. The van der Waals surface area contributed by atoms with Crippen LogP contribution < -0.4 is 10.4 Å². The molecule has 0 aliphatic heterocycles. The molecule has 0 bridgehead atoms. The molecular formula is C12H14S2. The first kappa shape index (κ1) is 10.2. The van der Waals surface area contributed by atoms with E-state index in [1.165, 1.54) is 10.4 Å². The van der Waals surface area contributed by atoms with Gasteiger partial charge in [-0.25, -0.2) is 0 Å². The van der Waals surface area contributed by atoms with Crippen molar-refractivity contribution in [3.63, 3.8) is 0 Å². The number of hydrogen-bond donors (Lipinski definition) is 2. The molecule has 0 fully saturated rings. The fraction of sp³-hybridized carbons (Fsp3) is 0.333. The summed E-state index contributed by atoms with van der Waals surface area (Å²) in [4.78, 5) is 1.14. The molecule has 74 valence electrons. The second-order valence-corrected chi connectivity index (χ2v) is 5.51. The van der Waals surface area contributed by atoms with Crippen molar-refractivity contribution < 1.29 is 0 Å². The summed E-state index contributed by atoms with van der Waals surface area (Å²) in [7, 11) is 0. The molecule has 1 aromatic rings. The highest BCUT2D eigenvalue weighted by Gasteiger charge is 2.28.